The van der Waals surface area contributed by atoms with E-state index in [4.69, 9.17) is 4.74 Å². The Morgan fingerprint density at radius 3 is 2.53 bits per heavy atom. The highest BCUT2D eigenvalue weighted by Crippen LogP contribution is 2.12. The van der Waals surface area contributed by atoms with Gasteiger partial charge in [-0.25, -0.2) is 0 Å². The second kappa shape index (κ2) is 7.36. The standard InChI is InChI=1S/C15H19NO3/c1-4-19-14(17)10-11(2)15(18)16-12(3)13-8-6-5-7-9-13/h5-9,12H,2,4,10H2,1,3H3,(H,16,18)/t12-/m0/s1. The first-order valence-corrected chi connectivity index (χ1v) is 6.23. The van der Waals surface area contributed by atoms with Crippen LogP contribution in [0, 0.1) is 0 Å². The third kappa shape index (κ3) is 4.95. The van der Waals surface area contributed by atoms with Crippen molar-refractivity contribution in [3.8, 4) is 0 Å². The molecule has 1 aromatic carbocycles. The molecule has 0 radical (unpaired) electrons. The molecule has 0 aliphatic rings. The maximum Gasteiger partial charge on any atom is 0.310 e. The fourth-order valence-electron chi connectivity index (χ4n) is 1.59. The van der Waals surface area contributed by atoms with Gasteiger partial charge in [-0.1, -0.05) is 36.9 Å². The molecule has 1 amide bonds. The molecule has 1 rings (SSSR count). The predicted octanol–water partition coefficient (Wildman–Crippen LogP) is 2.37. The number of ether oxygens (including phenoxy) is 1. The summed E-state index contributed by atoms with van der Waals surface area (Å²) in [7, 11) is 0. The van der Waals surface area contributed by atoms with E-state index in [1.165, 1.54) is 0 Å². The lowest BCUT2D eigenvalue weighted by molar-refractivity contribution is -0.142. The lowest BCUT2D eigenvalue weighted by Gasteiger charge is -2.15. The zero-order valence-electron chi connectivity index (χ0n) is 11.3. The molecule has 0 aromatic heterocycles. The number of hydrogen-bond donors (Lipinski definition) is 1. The number of carbonyl (C=O) groups is 2. The molecule has 0 saturated carbocycles. The minimum Gasteiger partial charge on any atom is -0.466 e. The highest BCUT2D eigenvalue weighted by molar-refractivity contribution is 5.97. The quantitative estimate of drug-likeness (QED) is 0.632. The molecular weight excluding hydrogens is 242 g/mol. The molecule has 19 heavy (non-hydrogen) atoms. The van der Waals surface area contributed by atoms with Crippen LogP contribution in [0.3, 0.4) is 0 Å². The second-order valence-electron chi connectivity index (χ2n) is 4.19. The van der Waals surface area contributed by atoms with Crippen molar-refractivity contribution in [3.05, 3.63) is 48.0 Å². The molecule has 0 spiro atoms. The Balaban J connectivity index is 2.50. The van der Waals surface area contributed by atoms with E-state index in [1.807, 2.05) is 37.3 Å². The molecule has 0 bridgehead atoms. The van der Waals surface area contributed by atoms with E-state index in [1.54, 1.807) is 6.92 Å². The molecular formula is C15H19NO3. The van der Waals surface area contributed by atoms with Gasteiger partial charge >= 0.3 is 5.97 Å². The average Bonchev–Trinajstić information content (AvgIpc) is 2.39. The number of benzene rings is 1. The highest BCUT2D eigenvalue weighted by atomic mass is 16.5. The summed E-state index contributed by atoms with van der Waals surface area (Å²) >= 11 is 0. The highest BCUT2D eigenvalue weighted by Gasteiger charge is 2.15. The largest absolute Gasteiger partial charge is 0.466 e. The third-order valence-electron chi connectivity index (χ3n) is 2.63. The third-order valence-corrected chi connectivity index (χ3v) is 2.63. The summed E-state index contributed by atoms with van der Waals surface area (Å²) in [5, 5.41) is 2.80. The predicted molar refractivity (Wildman–Crippen MR) is 73.4 cm³/mol. The Labute approximate surface area is 113 Å². The first-order chi connectivity index (χ1) is 9.04. The van der Waals surface area contributed by atoms with E-state index in [9.17, 15) is 9.59 Å². The van der Waals surface area contributed by atoms with E-state index >= 15 is 0 Å². The average molecular weight is 261 g/mol. The molecule has 1 N–H and O–H groups in total. The topological polar surface area (TPSA) is 55.4 Å². The molecule has 1 aromatic rings. The van der Waals surface area contributed by atoms with E-state index < -0.39 is 5.97 Å². The van der Waals surface area contributed by atoms with Crippen molar-refractivity contribution in [1.29, 1.82) is 0 Å². The van der Waals surface area contributed by atoms with Crippen molar-refractivity contribution in [1.82, 2.24) is 5.32 Å². The van der Waals surface area contributed by atoms with Crippen LogP contribution in [-0.4, -0.2) is 18.5 Å². The molecule has 0 heterocycles. The van der Waals surface area contributed by atoms with Crippen LogP contribution < -0.4 is 5.32 Å². The van der Waals surface area contributed by atoms with Crippen LogP contribution in [0.4, 0.5) is 0 Å². The monoisotopic (exact) mass is 261 g/mol. The van der Waals surface area contributed by atoms with Gasteiger partial charge in [0.1, 0.15) is 0 Å². The summed E-state index contributed by atoms with van der Waals surface area (Å²) in [5.74, 6) is -0.764. The van der Waals surface area contributed by atoms with Gasteiger partial charge < -0.3 is 10.1 Å². The van der Waals surface area contributed by atoms with Crippen LogP contribution in [0.1, 0.15) is 31.9 Å². The summed E-state index contributed by atoms with van der Waals surface area (Å²) in [5.41, 5.74) is 1.21. The summed E-state index contributed by atoms with van der Waals surface area (Å²) in [6, 6.07) is 9.46. The minimum absolute atomic E-state index is 0.0822. The number of esters is 1. The Morgan fingerprint density at radius 1 is 1.32 bits per heavy atom. The molecule has 4 heteroatoms. The Kier molecular flexibility index (Phi) is 5.79. The van der Waals surface area contributed by atoms with Crippen molar-refractivity contribution in [2.24, 2.45) is 0 Å². The minimum atomic E-state index is -0.435. The Bertz CT molecular complexity index is 454. The number of rotatable bonds is 6. The van der Waals surface area contributed by atoms with Crippen molar-refractivity contribution >= 4 is 11.9 Å². The Morgan fingerprint density at radius 2 is 1.95 bits per heavy atom. The maximum atomic E-state index is 11.8. The fraction of sp³-hybridized carbons (Fsp3) is 0.333. The van der Waals surface area contributed by atoms with Crippen LogP contribution >= 0.6 is 0 Å². The second-order valence-corrected chi connectivity index (χ2v) is 4.19. The summed E-state index contributed by atoms with van der Waals surface area (Å²) in [6.45, 7) is 7.51. The molecule has 0 aliphatic heterocycles. The fourth-order valence-corrected chi connectivity index (χ4v) is 1.59. The summed E-state index contributed by atoms with van der Waals surface area (Å²) < 4.78 is 4.77. The van der Waals surface area contributed by atoms with Crippen LogP contribution in [0.2, 0.25) is 0 Å². The molecule has 0 unspecified atom stereocenters. The van der Waals surface area contributed by atoms with E-state index in [2.05, 4.69) is 11.9 Å². The first kappa shape index (κ1) is 15.0. The maximum absolute atomic E-state index is 11.8. The van der Waals surface area contributed by atoms with Gasteiger partial charge in [0.2, 0.25) is 5.91 Å². The molecule has 102 valence electrons. The van der Waals surface area contributed by atoms with E-state index in [0.717, 1.165) is 5.56 Å². The van der Waals surface area contributed by atoms with Crippen LogP contribution in [0.25, 0.3) is 0 Å². The van der Waals surface area contributed by atoms with Crippen molar-refractivity contribution < 1.29 is 14.3 Å². The molecule has 4 nitrogen and oxygen atoms in total. The van der Waals surface area contributed by atoms with Gasteiger partial charge in [-0.3, -0.25) is 9.59 Å². The van der Waals surface area contributed by atoms with Crippen LogP contribution in [0.15, 0.2) is 42.5 Å². The van der Waals surface area contributed by atoms with Gasteiger partial charge in [-0.2, -0.15) is 0 Å². The van der Waals surface area contributed by atoms with Gasteiger partial charge in [0, 0.05) is 5.57 Å². The van der Waals surface area contributed by atoms with Crippen LogP contribution in [-0.2, 0) is 14.3 Å². The molecule has 0 aliphatic carbocycles. The van der Waals surface area contributed by atoms with Gasteiger partial charge in [-0.15, -0.1) is 0 Å². The van der Waals surface area contributed by atoms with Crippen molar-refractivity contribution in [2.75, 3.05) is 6.61 Å². The van der Waals surface area contributed by atoms with Gasteiger partial charge in [-0.05, 0) is 19.4 Å². The summed E-state index contributed by atoms with van der Waals surface area (Å²) in [4.78, 5) is 23.1. The molecule has 1 atom stereocenters. The van der Waals surface area contributed by atoms with Crippen molar-refractivity contribution in [2.45, 2.75) is 26.3 Å². The van der Waals surface area contributed by atoms with Crippen LogP contribution in [0.5, 0.6) is 0 Å². The first-order valence-electron chi connectivity index (χ1n) is 6.23. The molecule has 0 saturated heterocycles. The number of hydrogen-bond acceptors (Lipinski definition) is 3. The van der Waals surface area contributed by atoms with Gasteiger partial charge in [0.05, 0.1) is 19.1 Å². The zero-order valence-corrected chi connectivity index (χ0v) is 11.3. The number of nitrogens with one attached hydrogen (secondary N) is 1. The SMILES string of the molecule is C=C(CC(=O)OCC)C(=O)N[C@@H](C)c1ccccc1. The Hall–Kier alpha value is -2.10. The lowest BCUT2D eigenvalue weighted by atomic mass is 10.1. The molecule has 0 fully saturated rings. The number of carbonyl (C=O) groups excluding carboxylic acids is 2. The number of amides is 1. The lowest BCUT2D eigenvalue weighted by Crippen LogP contribution is -2.28. The van der Waals surface area contributed by atoms with Crippen molar-refractivity contribution in [3.63, 3.8) is 0 Å². The van der Waals surface area contributed by atoms with Gasteiger partial charge in [0.15, 0.2) is 0 Å². The smallest absolute Gasteiger partial charge is 0.310 e. The van der Waals surface area contributed by atoms with E-state index in [-0.39, 0.29) is 23.9 Å². The normalized spacial score (nSPS) is 11.5. The zero-order chi connectivity index (χ0) is 14.3. The summed E-state index contributed by atoms with van der Waals surface area (Å²) in [6.07, 6.45) is -0.0822. The van der Waals surface area contributed by atoms with Gasteiger partial charge in [0.25, 0.3) is 0 Å². The van der Waals surface area contributed by atoms with E-state index in [0.29, 0.717) is 6.61 Å².